The maximum absolute atomic E-state index is 13.7. The Kier molecular flexibility index (Phi) is 1.97. The Hall–Kier alpha value is -1.95. The van der Waals surface area contributed by atoms with Crippen LogP contribution in [0.25, 0.3) is 11.0 Å². The lowest BCUT2D eigenvalue weighted by Gasteiger charge is -2.05. The molecule has 0 unspecified atom stereocenters. The van der Waals surface area contributed by atoms with Crippen LogP contribution in [-0.4, -0.2) is 16.7 Å². The highest BCUT2D eigenvalue weighted by Crippen LogP contribution is 2.31. The second-order valence-corrected chi connectivity index (χ2v) is 3.97. The number of nitrogens with zero attached hydrogens (tertiary/aromatic N) is 2. The Balaban J connectivity index is 2.52. The second kappa shape index (κ2) is 3.27. The molecular weight excluding hydrogens is 225 g/mol. The third-order valence-electron chi connectivity index (χ3n) is 3.01. The first kappa shape index (κ1) is 10.2. The summed E-state index contributed by atoms with van der Waals surface area (Å²) >= 11 is 0. The molecule has 0 saturated heterocycles. The summed E-state index contributed by atoms with van der Waals surface area (Å²) in [5, 5.41) is 0. The number of benzene rings is 1. The van der Waals surface area contributed by atoms with Crippen molar-refractivity contribution in [2.45, 2.75) is 12.6 Å². The van der Waals surface area contributed by atoms with Gasteiger partial charge in [-0.1, -0.05) is 0 Å². The molecule has 2 N–H and O–H groups in total. The highest BCUT2D eigenvalue weighted by molar-refractivity contribution is 5.81. The lowest BCUT2D eigenvalue weighted by Crippen LogP contribution is -2.22. The van der Waals surface area contributed by atoms with E-state index in [1.807, 2.05) is 0 Å². The molecule has 0 radical (unpaired) electrons. The van der Waals surface area contributed by atoms with Crippen LogP contribution in [0.4, 0.5) is 4.39 Å². The average Bonchev–Trinajstić information content (AvgIpc) is 2.67. The van der Waals surface area contributed by atoms with Gasteiger partial charge in [-0.25, -0.2) is 9.37 Å². The molecule has 1 aliphatic rings. The Bertz CT molecular complexity index is 680. The van der Waals surface area contributed by atoms with E-state index in [1.165, 1.54) is 23.8 Å². The highest BCUT2D eigenvalue weighted by atomic mass is 19.1. The molecule has 5 nitrogen and oxygen atoms in total. The number of ether oxygens (including phenoxy) is 1. The molecule has 1 atom stereocenters. The molecule has 0 bridgehead atoms. The van der Waals surface area contributed by atoms with Crippen LogP contribution in [0.3, 0.4) is 0 Å². The van der Waals surface area contributed by atoms with Gasteiger partial charge < -0.3 is 10.5 Å². The molecule has 0 spiro atoms. The first-order valence-electron chi connectivity index (χ1n) is 5.16. The van der Waals surface area contributed by atoms with E-state index in [0.717, 1.165) is 0 Å². The molecule has 0 aliphatic carbocycles. The van der Waals surface area contributed by atoms with Gasteiger partial charge in [-0.3, -0.25) is 9.36 Å². The number of aromatic nitrogens is 2. The van der Waals surface area contributed by atoms with E-state index >= 15 is 0 Å². The van der Waals surface area contributed by atoms with Crippen LogP contribution in [-0.2, 0) is 6.54 Å². The molecule has 3 rings (SSSR count). The summed E-state index contributed by atoms with van der Waals surface area (Å²) in [7, 11) is 1.38. The fourth-order valence-corrected chi connectivity index (χ4v) is 2.27. The Morgan fingerprint density at radius 1 is 1.59 bits per heavy atom. The maximum atomic E-state index is 13.7. The van der Waals surface area contributed by atoms with Gasteiger partial charge in [-0.05, 0) is 12.1 Å². The summed E-state index contributed by atoms with van der Waals surface area (Å²) in [4.78, 5) is 16.0. The van der Waals surface area contributed by atoms with Crippen LogP contribution < -0.4 is 16.0 Å². The van der Waals surface area contributed by atoms with E-state index in [2.05, 4.69) is 4.98 Å². The van der Waals surface area contributed by atoms with Crippen LogP contribution in [0.2, 0.25) is 0 Å². The van der Waals surface area contributed by atoms with Gasteiger partial charge in [-0.2, -0.15) is 0 Å². The molecule has 2 aromatic rings. The number of hydrogen-bond acceptors (Lipinski definition) is 4. The van der Waals surface area contributed by atoms with Crippen LogP contribution in [0.15, 0.2) is 16.9 Å². The SMILES string of the molecule is COc1nc2ccc(F)c3c2n(c1=O)C[C@@H]3N. The molecule has 1 aromatic heterocycles. The van der Waals surface area contributed by atoms with Crippen LogP contribution in [0, 0.1) is 5.82 Å². The lowest BCUT2D eigenvalue weighted by molar-refractivity contribution is 0.387. The van der Waals surface area contributed by atoms with Crippen LogP contribution in [0.1, 0.15) is 11.6 Å². The summed E-state index contributed by atoms with van der Waals surface area (Å²) in [6.07, 6.45) is 0. The minimum atomic E-state index is -0.514. The van der Waals surface area contributed by atoms with E-state index < -0.39 is 11.9 Å². The Morgan fingerprint density at radius 3 is 3.06 bits per heavy atom. The molecule has 0 saturated carbocycles. The minimum absolute atomic E-state index is 0.00385. The maximum Gasteiger partial charge on any atom is 0.313 e. The predicted octanol–water partition coefficient (Wildman–Crippen LogP) is 0.558. The Labute approximate surface area is 95.6 Å². The molecule has 88 valence electrons. The van der Waals surface area contributed by atoms with Crippen molar-refractivity contribution >= 4 is 11.0 Å². The van der Waals surface area contributed by atoms with Crippen molar-refractivity contribution in [3.63, 3.8) is 0 Å². The number of halogens is 1. The van der Waals surface area contributed by atoms with Gasteiger partial charge in [0, 0.05) is 12.1 Å². The fraction of sp³-hybridized carbons (Fsp3) is 0.273. The van der Waals surface area contributed by atoms with E-state index in [9.17, 15) is 9.18 Å². The van der Waals surface area contributed by atoms with Gasteiger partial charge in [0.2, 0.25) is 0 Å². The second-order valence-electron chi connectivity index (χ2n) is 3.97. The van der Waals surface area contributed by atoms with Crippen molar-refractivity contribution in [2.24, 2.45) is 5.73 Å². The molecule has 1 aliphatic heterocycles. The zero-order valence-corrected chi connectivity index (χ0v) is 9.11. The molecule has 0 amide bonds. The largest absolute Gasteiger partial charge is 0.477 e. The third kappa shape index (κ3) is 1.21. The minimum Gasteiger partial charge on any atom is -0.477 e. The van der Waals surface area contributed by atoms with Gasteiger partial charge in [0.25, 0.3) is 5.88 Å². The van der Waals surface area contributed by atoms with Gasteiger partial charge in [0.1, 0.15) is 5.82 Å². The first-order valence-corrected chi connectivity index (χ1v) is 5.16. The standard InChI is InChI=1S/C11H10FN3O2/c1-17-10-11(16)15-4-6(13)8-5(12)2-3-7(14-10)9(8)15/h2-3,6H,4,13H2,1H3/t6-/m0/s1. The molecule has 2 heterocycles. The van der Waals surface area contributed by atoms with Crippen molar-refractivity contribution < 1.29 is 9.13 Å². The third-order valence-corrected chi connectivity index (χ3v) is 3.01. The predicted molar refractivity (Wildman–Crippen MR) is 59.4 cm³/mol. The van der Waals surface area contributed by atoms with Crippen molar-refractivity contribution in [3.05, 3.63) is 33.9 Å². The lowest BCUT2D eigenvalue weighted by atomic mass is 10.1. The van der Waals surface area contributed by atoms with Gasteiger partial charge >= 0.3 is 5.56 Å². The molecule has 0 fully saturated rings. The van der Waals surface area contributed by atoms with Crippen LogP contribution in [0.5, 0.6) is 5.88 Å². The van der Waals surface area contributed by atoms with Gasteiger partial charge in [-0.15, -0.1) is 0 Å². The Morgan fingerprint density at radius 2 is 2.35 bits per heavy atom. The van der Waals surface area contributed by atoms with E-state index in [0.29, 0.717) is 16.6 Å². The topological polar surface area (TPSA) is 70.1 Å². The van der Waals surface area contributed by atoms with Gasteiger partial charge in [0.05, 0.1) is 24.2 Å². The zero-order valence-electron chi connectivity index (χ0n) is 9.11. The van der Waals surface area contributed by atoms with Crippen LogP contribution >= 0.6 is 0 Å². The number of nitrogens with two attached hydrogens (primary N) is 1. The zero-order chi connectivity index (χ0) is 12.2. The smallest absolute Gasteiger partial charge is 0.313 e. The van der Waals surface area contributed by atoms with Gasteiger partial charge in [0.15, 0.2) is 0 Å². The summed E-state index contributed by atoms with van der Waals surface area (Å²) < 4.78 is 20.0. The number of hydrogen-bond donors (Lipinski definition) is 1. The van der Waals surface area contributed by atoms with E-state index in [-0.39, 0.29) is 18.0 Å². The number of methoxy groups -OCH3 is 1. The molecular formula is C11H10FN3O2. The monoisotopic (exact) mass is 235 g/mol. The summed E-state index contributed by atoms with van der Waals surface area (Å²) in [5.41, 5.74) is 6.81. The molecule has 6 heteroatoms. The normalized spacial score (nSPS) is 17.7. The van der Waals surface area contributed by atoms with Crippen molar-refractivity contribution in [1.29, 1.82) is 0 Å². The highest BCUT2D eigenvalue weighted by Gasteiger charge is 2.27. The number of rotatable bonds is 1. The summed E-state index contributed by atoms with van der Waals surface area (Å²) in [6, 6.07) is 2.31. The fourth-order valence-electron chi connectivity index (χ4n) is 2.27. The van der Waals surface area contributed by atoms with Crippen molar-refractivity contribution in [3.8, 4) is 5.88 Å². The molecule has 17 heavy (non-hydrogen) atoms. The average molecular weight is 235 g/mol. The summed E-state index contributed by atoms with van der Waals surface area (Å²) in [6.45, 7) is 0.254. The van der Waals surface area contributed by atoms with E-state index in [1.54, 1.807) is 0 Å². The molecule has 1 aromatic carbocycles. The van der Waals surface area contributed by atoms with E-state index in [4.69, 9.17) is 10.5 Å². The van der Waals surface area contributed by atoms with Crippen molar-refractivity contribution in [2.75, 3.05) is 7.11 Å². The van der Waals surface area contributed by atoms with Crippen molar-refractivity contribution in [1.82, 2.24) is 9.55 Å². The quantitative estimate of drug-likeness (QED) is 0.784. The summed E-state index contributed by atoms with van der Waals surface area (Å²) in [5.74, 6) is -0.397. The first-order chi connectivity index (χ1) is 8.13.